The maximum absolute atomic E-state index is 13.5. The molecular formula is C13H12ClF2NO2. The first-order valence-electron chi connectivity index (χ1n) is 5.97. The smallest absolute Gasteiger partial charge is 0.299 e. The van der Waals surface area contributed by atoms with Gasteiger partial charge in [0.25, 0.3) is 11.7 Å². The van der Waals surface area contributed by atoms with Crippen LogP contribution in [0.2, 0.25) is 0 Å². The van der Waals surface area contributed by atoms with E-state index in [-0.39, 0.29) is 17.8 Å². The number of halogens is 3. The summed E-state index contributed by atoms with van der Waals surface area (Å²) in [6.45, 7) is 0.261. The number of fused-ring (bicyclic) bond motifs is 1. The summed E-state index contributed by atoms with van der Waals surface area (Å²) in [7, 11) is 0. The fourth-order valence-corrected chi connectivity index (χ4v) is 2.29. The molecule has 0 saturated carbocycles. The van der Waals surface area contributed by atoms with Gasteiger partial charge in [-0.25, -0.2) is 8.78 Å². The number of ketones is 1. The van der Waals surface area contributed by atoms with Crippen LogP contribution in [0, 0.1) is 11.6 Å². The summed E-state index contributed by atoms with van der Waals surface area (Å²) in [4.78, 5) is 24.5. The van der Waals surface area contributed by atoms with Crippen molar-refractivity contribution in [3.8, 4) is 0 Å². The number of nitrogens with zero attached hydrogens (tertiary/aromatic N) is 1. The fraction of sp³-hybridized carbons (Fsp3) is 0.385. The Morgan fingerprint density at radius 3 is 2.53 bits per heavy atom. The van der Waals surface area contributed by atoms with Crippen LogP contribution in [-0.2, 0) is 4.79 Å². The summed E-state index contributed by atoms with van der Waals surface area (Å²) >= 11 is 5.54. The van der Waals surface area contributed by atoms with Crippen molar-refractivity contribution in [2.75, 3.05) is 17.3 Å². The third-order valence-corrected chi connectivity index (χ3v) is 3.27. The first kappa shape index (κ1) is 13.9. The zero-order valence-corrected chi connectivity index (χ0v) is 10.8. The molecule has 0 bridgehead atoms. The van der Waals surface area contributed by atoms with Gasteiger partial charge < -0.3 is 4.90 Å². The van der Waals surface area contributed by atoms with Gasteiger partial charge in [0.15, 0.2) is 0 Å². The van der Waals surface area contributed by atoms with Gasteiger partial charge in [0.1, 0.15) is 11.6 Å². The molecule has 1 aromatic carbocycles. The lowest BCUT2D eigenvalue weighted by Crippen LogP contribution is -2.30. The van der Waals surface area contributed by atoms with Crippen molar-refractivity contribution in [2.24, 2.45) is 0 Å². The lowest BCUT2D eigenvalue weighted by molar-refractivity contribution is -0.114. The molecule has 0 saturated heterocycles. The minimum Gasteiger partial charge on any atom is -0.305 e. The molecule has 0 spiro atoms. The average molecular weight is 288 g/mol. The van der Waals surface area contributed by atoms with Crippen LogP contribution < -0.4 is 4.90 Å². The third-order valence-electron chi connectivity index (χ3n) is 3.01. The van der Waals surface area contributed by atoms with Gasteiger partial charge in [-0.3, -0.25) is 9.59 Å². The van der Waals surface area contributed by atoms with E-state index in [4.69, 9.17) is 11.6 Å². The highest BCUT2D eigenvalue weighted by Gasteiger charge is 2.38. The number of amides is 1. The Morgan fingerprint density at radius 1 is 1.11 bits per heavy atom. The van der Waals surface area contributed by atoms with Crippen molar-refractivity contribution >= 4 is 29.0 Å². The highest BCUT2D eigenvalue weighted by Crippen LogP contribution is 2.32. The molecular weight excluding hydrogens is 276 g/mol. The Morgan fingerprint density at radius 2 is 1.84 bits per heavy atom. The Balaban J connectivity index is 2.23. The number of alkyl halides is 1. The number of benzene rings is 1. The van der Waals surface area contributed by atoms with Gasteiger partial charge in [-0.1, -0.05) is 6.42 Å². The van der Waals surface area contributed by atoms with Crippen LogP contribution in [0.4, 0.5) is 14.5 Å². The SMILES string of the molecule is O=C1C(=O)N(CCCCCCl)c2cc(F)cc(F)c21. The molecule has 6 heteroatoms. The molecule has 2 rings (SSSR count). The molecule has 0 aliphatic carbocycles. The second kappa shape index (κ2) is 5.65. The molecule has 1 aliphatic rings. The van der Waals surface area contributed by atoms with Crippen molar-refractivity contribution in [1.29, 1.82) is 0 Å². The van der Waals surface area contributed by atoms with Gasteiger partial charge in [0, 0.05) is 18.5 Å². The second-order valence-corrected chi connectivity index (χ2v) is 4.70. The lowest BCUT2D eigenvalue weighted by atomic mass is 10.1. The normalized spacial score (nSPS) is 14.2. The van der Waals surface area contributed by atoms with E-state index in [1.807, 2.05) is 0 Å². The maximum Gasteiger partial charge on any atom is 0.299 e. The van der Waals surface area contributed by atoms with Gasteiger partial charge in [0.2, 0.25) is 0 Å². The van der Waals surface area contributed by atoms with E-state index in [1.54, 1.807) is 0 Å². The topological polar surface area (TPSA) is 37.4 Å². The predicted octanol–water partition coefficient (Wildman–Crippen LogP) is 2.90. The fourth-order valence-electron chi connectivity index (χ4n) is 2.10. The van der Waals surface area contributed by atoms with Crippen molar-refractivity contribution in [2.45, 2.75) is 19.3 Å². The number of Topliss-reactive ketones (excluding diaryl/α,β-unsaturated/α-hetero) is 1. The number of hydrogen-bond donors (Lipinski definition) is 0. The number of carbonyl (C=O) groups excluding carboxylic acids is 2. The lowest BCUT2D eigenvalue weighted by Gasteiger charge is -2.16. The predicted molar refractivity (Wildman–Crippen MR) is 67.6 cm³/mol. The van der Waals surface area contributed by atoms with E-state index in [9.17, 15) is 18.4 Å². The van der Waals surface area contributed by atoms with Gasteiger partial charge in [0.05, 0.1) is 11.3 Å². The summed E-state index contributed by atoms with van der Waals surface area (Å²) in [6, 6.07) is 1.63. The van der Waals surface area contributed by atoms with Crippen molar-refractivity contribution < 1.29 is 18.4 Å². The first-order chi connectivity index (χ1) is 9.06. The van der Waals surface area contributed by atoms with Crippen LogP contribution in [0.1, 0.15) is 29.6 Å². The van der Waals surface area contributed by atoms with Crippen LogP contribution in [0.25, 0.3) is 0 Å². The molecule has 1 heterocycles. The van der Waals surface area contributed by atoms with Gasteiger partial charge >= 0.3 is 0 Å². The summed E-state index contributed by atoms with van der Waals surface area (Å²) in [5, 5.41) is 0. The zero-order chi connectivity index (χ0) is 14.0. The highest BCUT2D eigenvalue weighted by molar-refractivity contribution is 6.52. The first-order valence-corrected chi connectivity index (χ1v) is 6.51. The van der Waals surface area contributed by atoms with Crippen LogP contribution in [-0.4, -0.2) is 24.1 Å². The second-order valence-electron chi connectivity index (χ2n) is 4.32. The number of rotatable bonds is 5. The molecule has 0 radical (unpaired) electrons. The molecule has 1 aromatic rings. The summed E-state index contributed by atoms with van der Waals surface area (Å²) in [6.07, 6.45) is 2.21. The Labute approximate surface area is 114 Å². The van der Waals surface area contributed by atoms with E-state index < -0.39 is 23.3 Å². The monoisotopic (exact) mass is 287 g/mol. The minimum absolute atomic E-state index is 0.0263. The summed E-state index contributed by atoms with van der Waals surface area (Å²) in [5.74, 6) is -2.98. The van der Waals surface area contributed by atoms with E-state index in [2.05, 4.69) is 0 Å². The van der Waals surface area contributed by atoms with Crippen LogP contribution in [0.5, 0.6) is 0 Å². The molecule has 0 N–H and O–H groups in total. The highest BCUT2D eigenvalue weighted by atomic mass is 35.5. The number of anilines is 1. The third kappa shape index (κ3) is 2.61. The Kier molecular flexibility index (Phi) is 4.14. The Hall–Kier alpha value is -1.49. The number of carbonyl (C=O) groups is 2. The molecule has 102 valence electrons. The van der Waals surface area contributed by atoms with E-state index in [0.717, 1.165) is 23.8 Å². The van der Waals surface area contributed by atoms with Crippen molar-refractivity contribution in [1.82, 2.24) is 0 Å². The standard InChI is InChI=1S/C13H12ClF2NO2/c14-4-2-1-3-5-17-10-7-8(15)6-9(16)11(10)12(18)13(17)19/h6-7H,1-5H2. The van der Waals surface area contributed by atoms with Gasteiger partial charge in [-0.2, -0.15) is 0 Å². The maximum atomic E-state index is 13.5. The van der Waals surface area contributed by atoms with E-state index >= 15 is 0 Å². The van der Waals surface area contributed by atoms with Crippen LogP contribution >= 0.6 is 11.6 Å². The summed E-state index contributed by atoms with van der Waals surface area (Å²) in [5.41, 5.74) is -0.304. The number of hydrogen-bond acceptors (Lipinski definition) is 2. The van der Waals surface area contributed by atoms with Crippen molar-refractivity contribution in [3.63, 3.8) is 0 Å². The molecule has 1 aliphatic heterocycles. The minimum atomic E-state index is -0.989. The van der Waals surface area contributed by atoms with E-state index in [0.29, 0.717) is 18.4 Å². The van der Waals surface area contributed by atoms with Crippen LogP contribution in [0.15, 0.2) is 12.1 Å². The molecule has 0 unspecified atom stereocenters. The molecule has 3 nitrogen and oxygen atoms in total. The summed E-state index contributed by atoms with van der Waals surface area (Å²) < 4.78 is 26.7. The largest absolute Gasteiger partial charge is 0.305 e. The number of unbranched alkanes of at least 4 members (excludes halogenated alkanes) is 2. The molecule has 19 heavy (non-hydrogen) atoms. The average Bonchev–Trinajstić information content (AvgIpc) is 2.59. The van der Waals surface area contributed by atoms with Crippen LogP contribution in [0.3, 0.4) is 0 Å². The molecule has 1 amide bonds. The van der Waals surface area contributed by atoms with Gasteiger partial charge in [-0.05, 0) is 18.9 Å². The zero-order valence-electron chi connectivity index (χ0n) is 10.1. The molecule has 0 fully saturated rings. The van der Waals surface area contributed by atoms with Crippen molar-refractivity contribution in [3.05, 3.63) is 29.3 Å². The quantitative estimate of drug-likeness (QED) is 0.474. The molecule has 0 atom stereocenters. The molecule has 0 aromatic heterocycles. The van der Waals surface area contributed by atoms with Gasteiger partial charge in [-0.15, -0.1) is 11.6 Å². The van der Waals surface area contributed by atoms with E-state index in [1.165, 1.54) is 0 Å². The Bertz CT molecular complexity index is 534.